The molecule has 0 radical (unpaired) electrons. The number of aromatic hydroxyl groups is 1. The van der Waals surface area contributed by atoms with E-state index in [2.05, 4.69) is 26.6 Å². The van der Waals surface area contributed by atoms with Crippen molar-refractivity contribution < 1.29 is 14.6 Å². The highest BCUT2D eigenvalue weighted by Gasteiger charge is 2.35. The summed E-state index contributed by atoms with van der Waals surface area (Å²) < 4.78 is 7.86. The maximum Gasteiger partial charge on any atom is 0.255 e. The van der Waals surface area contributed by atoms with Crippen LogP contribution in [0.4, 0.5) is 11.6 Å². The number of aromatic nitrogens is 3. The van der Waals surface area contributed by atoms with Gasteiger partial charge in [0.1, 0.15) is 6.04 Å². The predicted molar refractivity (Wildman–Crippen MR) is 167 cm³/mol. The Hall–Kier alpha value is -3.47. The standard InChI is InChI=1S/C30H29BrClN5O3S/c1-5-40-24-14-20(13-21(31)27(24)38)26-25(28(39)34-23-12-8-9-16(2)17(23)3)18(4)33-29-35-30(36-37(26)29)41-15-19-10-6-7-11-22(19)32/h6-14,26,38H,5,15H2,1-4H3,(H,34,39)(H,33,35,36). The molecule has 41 heavy (non-hydrogen) atoms. The van der Waals surface area contributed by atoms with Crippen LogP contribution in [0.3, 0.4) is 0 Å². The maximum absolute atomic E-state index is 14.0. The van der Waals surface area contributed by atoms with E-state index >= 15 is 0 Å². The van der Waals surface area contributed by atoms with Gasteiger partial charge in [0, 0.05) is 22.2 Å². The Morgan fingerprint density at radius 2 is 1.98 bits per heavy atom. The van der Waals surface area contributed by atoms with Gasteiger partial charge in [-0.2, -0.15) is 4.98 Å². The summed E-state index contributed by atoms with van der Waals surface area (Å²) in [4.78, 5) is 18.7. The SMILES string of the molecule is CCOc1cc(C2C(C(=O)Nc3cccc(C)c3C)=C(C)Nc3nc(SCc4ccccc4Cl)nn32)cc(Br)c1O. The number of nitrogens with one attached hydrogen (secondary N) is 2. The molecule has 11 heteroatoms. The average molecular weight is 655 g/mol. The number of allylic oxidation sites excluding steroid dienone is 1. The summed E-state index contributed by atoms with van der Waals surface area (Å²) in [5, 5.41) is 23.0. The lowest BCUT2D eigenvalue weighted by Crippen LogP contribution is -2.31. The summed E-state index contributed by atoms with van der Waals surface area (Å²) in [6.45, 7) is 8.04. The Morgan fingerprint density at radius 3 is 2.73 bits per heavy atom. The van der Waals surface area contributed by atoms with E-state index in [0.717, 1.165) is 22.4 Å². The van der Waals surface area contributed by atoms with E-state index in [9.17, 15) is 9.90 Å². The van der Waals surface area contributed by atoms with Crippen LogP contribution in [0.2, 0.25) is 5.02 Å². The first kappa shape index (κ1) is 29.0. The molecule has 1 aliphatic heterocycles. The molecule has 1 aromatic heterocycles. The minimum absolute atomic E-state index is 0.0126. The second kappa shape index (κ2) is 12.2. The minimum atomic E-state index is -0.658. The van der Waals surface area contributed by atoms with E-state index in [4.69, 9.17) is 26.4 Å². The number of thioether (sulfide) groups is 1. The number of rotatable bonds is 8. The zero-order valence-corrected chi connectivity index (χ0v) is 26.1. The fourth-order valence-corrected chi connectivity index (χ4v) is 6.22. The van der Waals surface area contributed by atoms with Crippen LogP contribution in [0.5, 0.6) is 11.5 Å². The molecule has 2 heterocycles. The van der Waals surface area contributed by atoms with Crippen molar-refractivity contribution in [3.8, 4) is 11.5 Å². The number of phenolic OH excluding ortho intramolecular Hbond substituents is 1. The molecule has 3 N–H and O–H groups in total. The van der Waals surface area contributed by atoms with Gasteiger partial charge in [-0.05, 0) is 90.1 Å². The van der Waals surface area contributed by atoms with Gasteiger partial charge in [-0.25, -0.2) is 4.68 Å². The molecule has 0 saturated carbocycles. The third kappa shape index (κ3) is 5.95. The van der Waals surface area contributed by atoms with Crippen LogP contribution in [-0.2, 0) is 10.5 Å². The number of carbonyl (C=O) groups is 1. The molecular weight excluding hydrogens is 626 g/mol. The molecule has 0 fully saturated rings. The second-order valence-electron chi connectivity index (χ2n) is 9.59. The summed E-state index contributed by atoms with van der Waals surface area (Å²) in [6, 6.07) is 16.3. The molecule has 212 valence electrons. The smallest absolute Gasteiger partial charge is 0.255 e. The van der Waals surface area contributed by atoms with Gasteiger partial charge in [0.2, 0.25) is 11.1 Å². The molecule has 1 amide bonds. The quantitative estimate of drug-likeness (QED) is 0.168. The summed E-state index contributed by atoms with van der Waals surface area (Å²) in [5.74, 6) is 1.10. The lowest BCUT2D eigenvalue weighted by molar-refractivity contribution is -0.113. The molecule has 1 aliphatic rings. The molecule has 3 aromatic carbocycles. The normalized spacial score (nSPS) is 14.4. The number of nitrogens with zero attached hydrogens (tertiary/aromatic N) is 3. The van der Waals surface area contributed by atoms with Crippen molar-refractivity contribution >= 4 is 56.8 Å². The van der Waals surface area contributed by atoms with Gasteiger partial charge in [-0.15, -0.1) is 5.10 Å². The number of phenols is 1. The molecule has 8 nitrogen and oxygen atoms in total. The maximum atomic E-state index is 14.0. The zero-order valence-electron chi connectivity index (χ0n) is 23.0. The highest BCUT2D eigenvalue weighted by Crippen LogP contribution is 2.43. The fourth-order valence-electron chi connectivity index (χ4n) is 4.65. The number of aryl methyl sites for hydroxylation is 1. The monoisotopic (exact) mass is 653 g/mol. The van der Waals surface area contributed by atoms with Crippen LogP contribution >= 0.6 is 39.3 Å². The van der Waals surface area contributed by atoms with E-state index in [-0.39, 0.29) is 11.7 Å². The van der Waals surface area contributed by atoms with Gasteiger partial charge in [0.05, 0.1) is 16.7 Å². The molecule has 1 unspecified atom stereocenters. The van der Waals surface area contributed by atoms with Crippen LogP contribution in [0.1, 0.15) is 42.1 Å². The Kier molecular flexibility index (Phi) is 8.63. The molecule has 0 spiro atoms. The molecule has 5 rings (SSSR count). The number of hydrogen-bond acceptors (Lipinski definition) is 7. The second-order valence-corrected chi connectivity index (χ2v) is 11.8. The van der Waals surface area contributed by atoms with Gasteiger partial charge >= 0.3 is 0 Å². The van der Waals surface area contributed by atoms with Crippen LogP contribution in [0, 0.1) is 13.8 Å². The van der Waals surface area contributed by atoms with Crippen LogP contribution in [0.25, 0.3) is 0 Å². The van der Waals surface area contributed by atoms with Crippen LogP contribution in [-0.4, -0.2) is 32.4 Å². The van der Waals surface area contributed by atoms with E-state index in [1.165, 1.54) is 11.8 Å². The van der Waals surface area contributed by atoms with Crippen molar-refractivity contribution in [1.82, 2.24) is 14.8 Å². The van der Waals surface area contributed by atoms with Crippen molar-refractivity contribution in [2.45, 2.75) is 44.6 Å². The summed E-state index contributed by atoms with van der Waals surface area (Å²) in [7, 11) is 0. The third-order valence-electron chi connectivity index (χ3n) is 6.91. The summed E-state index contributed by atoms with van der Waals surface area (Å²) in [6.07, 6.45) is 0. The number of benzene rings is 3. The van der Waals surface area contributed by atoms with Crippen molar-refractivity contribution in [1.29, 1.82) is 0 Å². The van der Waals surface area contributed by atoms with Gasteiger partial charge < -0.3 is 20.5 Å². The van der Waals surface area contributed by atoms with Crippen LogP contribution in [0.15, 0.2) is 75.5 Å². The zero-order chi connectivity index (χ0) is 29.3. The number of anilines is 2. The molecule has 0 aliphatic carbocycles. The Labute approximate surface area is 256 Å². The van der Waals surface area contributed by atoms with E-state index < -0.39 is 6.04 Å². The molecule has 4 aromatic rings. The largest absolute Gasteiger partial charge is 0.503 e. The minimum Gasteiger partial charge on any atom is -0.503 e. The average Bonchev–Trinajstić information content (AvgIpc) is 3.34. The van der Waals surface area contributed by atoms with Crippen molar-refractivity contribution in [2.24, 2.45) is 0 Å². The Bertz CT molecular complexity index is 1670. The first-order valence-corrected chi connectivity index (χ1v) is 15.2. The lowest BCUT2D eigenvalue weighted by atomic mass is 9.94. The number of amides is 1. The molecular formula is C30H29BrClN5O3S. The highest BCUT2D eigenvalue weighted by atomic mass is 79.9. The first-order chi connectivity index (χ1) is 19.7. The van der Waals surface area contributed by atoms with Gasteiger partial charge in [-0.1, -0.05) is 53.7 Å². The van der Waals surface area contributed by atoms with Gasteiger partial charge in [0.15, 0.2) is 11.5 Å². The third-order valence-corrected chi connectivity index (χ3v) is 8.77. The topological polar surface area (TPSA) is 101 Å². The number of fused-ring (bicyclic) bond motifs is 1. The summed E-state index contributed by atoms with van der Waals surface area (Å²) >= 11 is 11.3. The van der Waals surface area contributed by atoms with Crippen molar-refractivity contribution in [3.63, 3.8) is 0 Å². The first-order valence-electron chi connectivity index (χ1n) is 13.0. The van der Waals surface area contributed by atoms with Crippen molar-refractivity contribution in [2.75, 3.05) is 17.2 Å². The number of ether oxygens (including phenoxy) is 1. The predicted octanol–water partition coefficient (Wildman–Crippen LogP) is 7.64. The lowest BCUT2D eigenvalue weighted by Gasteiger charge is -2.29. The number of carbonyl (C=O) groups excluding carboxylic acids is 1. The van der Waals surface area contributed by atoms with E-state index in [0.29, 0.717) is 55.5 Å². The summed E-state index contributed by atoms with van der Waals surface area (Å²) in [5.41, 5.74) is 5.58. The van der Waals surface area contributed by atoms with Crippen molar-refractivity contribution in [3.05, 3.63) is 97.6 Å². The fraction of sp³-hybridized carbons (Fsp3) is 0.233. The van der Waals surface area contributed by atoms with Gasteiger partial charge in [0.25, 0.3) is 5.91 Å². The van der Waals surface area contributed by atoms with Crippen LogP contribution < -0.4 is 15.4 Å². The number of hydrogen-bond donors (Lipinski definition) is 3. The molecule has 0 saturated heterocycles. The molecule has 1 atom stereocenters. The highest BCUT2D eigenvalue weighted by molar-refractivity contribution is 9.10. The Morgan fingerprint density at radius 1 is 1.20 bits per heavy atom. The Balaban J connectivity index is 1.57. The number of halogens is 2. The van der Waals surface area contributed by atoms with E-state index in [1.807, 2.05) is 70.2 Å². The van der Waals surface area contributed by atoms with E-state index in [1.54, 1.807) is 16.8 Å². The molecule has 0 bridgehead atoms. The van der Waals surface area contributed by atoms with Gasteiger partial charge in [-0.3, -0.25) is 4.79 Å².